The maximum Gasteiger partial charge on any atom is 0.147 e. The molecule has 0 bridgehead atoms. The summed E-state index contributed by atoms with van der Waals surface area (Å²) in [5.41, 5.74) is 5.55. The molecule has 1 aliphatic heterocycles. The molecule has 2 N–H and O–H groups in total. The second-order valence-electron chi connectivity index (χ2n) is 4.40. The maximum atomic E-state index is 5.76. The molecule has 1 saturated carbocycles. The number of hydrogen-bond donors (Lipinski definition) is 1. The SMILES string of the molecule is Nc1cnc(N2CCOC3CCCC32)cn1. The third kappa shape index (κ3) is 1.61. The minimum Gasteiger partial charge on any atom is -0.382 e. The van der Waals surface area contributed by atoms with Gasteiger partial charge in [-0.2, -0.15) is 0 Å². The van der Waals surface area contributed by atoms with Crippen LogP contribution in [0, 0.1) is 0 Å². The molecule has 2 fully saturated rings. The van der Waals surface area contributed by atoms with E-state index in [1.807, 2.05) is 0 Å². The van der Waals surface area contributed by atoms with Crippen LogP contribution in [-0.4, -0.2) is 35.3 Å². The highest BCUT2D eigenvalue weighted by Crippen LogP contribution is 2.31. The summed E-state index contributed by atoms with van der Waals surface area (Å²) in [5.74, 6) is 1.40. The predicted octanol–water partition coefficient (Wildman–Crippen LogP) is 0.816. The van der Waals surface area contributed by atoms with Gasteiger partial charge in [0.1, 0.15) is 11.6 Å². The Morgan fingerprint density at radius 3 is 3.06 bits per heavy atom. The van der Waals surface area contributed by atoms with Gasteiger partial charge < -0.3 is 15.4 Å². The van der Waals surface area contributed by atoms with Gasteiger partial charge in [0.25, 0.3) is 0 Å². The lowest BCUT2D eigenvalue weighted by Gasteiger charge is -2.38. The Hall–Kier alpha value is -1.36. The van der Waals surface area contributed by atoms with Crippen LogP contribution in [0.5, 0.6) is 0 Å². The molecule has 1 aromatic rings. The molecule has 3 rings (SSSR count). The van der Waals surface area contributed by atoms with Gasteiger partial charge in [0.05, 0.1) is 31.1 Å². The van der Waals surface area contributed by atoms with E-state index in [0.717, 1.165) is 19.0 Å². The van der Waals surface area contributed by atoms with Gasteiger partial charge in [0.15, 0.2) is 0 Å². The summed E-state index contributed by atoms with van der Waals surface area (Å²) >= 11 is 0. The zero-order valence-corrected chi connectivity index (χ0v) is 9.17. The van der Waals surface area contributed by atoms with Gasteiger partial charge in [-0.05, 0) is 19.3 Å². The summed E-state index contributed by atoms with van der Waals surface area (Å²) in [7, 11) is 0. The molecule has 2 unspecified atom stereocenters. The minimum absolute atomic E-state index is 0.383. The van der Waals surface area contributed by atoms with Crippen molar-refractivity contribution in [2.45, 2.75) is 31.4 Å². The smallest absolute Gasteiger partial charge is 0.147 e. The first-order valence-corrected chi connectivity index (χ1v) is 5.80. The average Bonchev–Trinajstić information content (AvgIpc) is 2.78. The van der Waals surface area contributed by atoms with E-state index in [1.165, 1.54) is 19.3 Å². The van der Waals surface area contributed by atoms with Crippen LogP contribution < -0.4 is 10.6 Å². The Balaban J connectivity index is 1.85. The number of nitrogens with zero attached hydrogens (tertiary/aromatic N) is 3. The summed E-state index contributed by atoms with van der Waals surface area (Å²) in [6.07, 6.45) is 7.37. The van der Waals surface area contributed by atoms with Gasteiger partial charge in [-0.1, -0.05) is 0 Å². The van der Waals surface area contributed by atoms with Crippen LogP contribution in [0.15, 0.2) is 12.4 Å². The Morgan fingerprint density at radius 1 is 1.31 bits per heavy atom. The number of aromatic nitrogens is 2. The second-order valence-corrected chi connectivity index (χ2v) is 4.40. The van der Waals surface area contributed by atoms with E-state index in [1.54, 1.807) is 12.4 Å². The molecule has 1 saturated heterocycles. The topological polar surface area (TPSA) is 64.3 Å². The number of hydrogen-bond acceptors (Lipinski definition) is 5. The predicted molar refractivity (Wildman–Crippen MR) is 61.2 cm³/mol. The molecule has 0 radical (unpaired) electrons. The van der Waals surface area contributed by atoms with E-state index in [-0.39, 0.29) is 0 Å². The Labute approximate surface area is 94.6 Å². The largest absolute Gasteiger partial charge is 0.382 e. The Morgan fingerprint density at radius 2 is 2.25 bits per heavy atom. The van der Waals surface area contributed by atoms with Gasteiger partial charge in [-0.3, -0.25) is 0 Å². The molecular formula is C11H16N4O. The molecule has 2 atom stereocenters. The monoisotopic (exact) mass is 220 g/mol. The van der Waals surface area contributed by atoms with Gasteiger partial charge in [0, 0.05) is 6.54 Å². The number of anilines is 2. The lowest BCUT2D eigenvalue weighted by Crippen LogP contribution is -2.49. The van der Waals surface area contributed by atoms with Gasteiger partial charge >= 0.3 is 0 Å². The van der Waals surface area contributed by atoms with Gasteiger partial charge in [0.2, 0.25) is 0 Å². The molecule has 16 heavy (non-hydrogen) atoms. The van der Waals surface area contributed by atoms with Crippen molar-refractivity contribution in [1.82, 2.24) is 9.97 Å². The van der Waals surface area contributed by atoms with E-state index in [9.17, 15) is 0 Å². The first-order valence-electron chi connectivity index (χ1n) is 5.80. The van der Waals surface area contributed by atoms with Crippen molar-refractivity contribution in [2.24, 2.45) is 0 Å². The van der Waals surface area contributed by atoms with Crippen LogP contribution in [0.4, 0.5) is 11.6 Å². The fraction of sp³-hybridized carbons (Fsp3) is 0.636. The molecule has 2 heterocycles. The molecule has 1 aliphatic carbocycles. The number of nitrogen functional groups attached to an aromatic ring is 1. The zero-order valence-electron chi connectivity index (χ0n) is 9.17. The first-order chi connectivity index (χ1) is 7.84. The second kappa shape index (κ2) is 3.90. The summed E-state index contributed by atoms with van der Waals surface area (Å²) in [6, 6.07) is 0.478. The van der Waals surface area contributed by atoms with Crippen molar-refractivity contribution >= 4 is 11.6 Å². The van der Waals surface area contributed by atoms with E-state index >= 15 is 0 Å². The number of rotatable bonds is 1. The molecule has 2 aliphatic rings. The van der Waals surface area contributed by atoms with Crippen LogP contribution >= 0.6 is 0 Å². The molecule has 86 valence electrons. The molecule has 1 aromatic heterocycles. The van der Waals surface area contributed by atoms with E-state index in [0.29, 0.717) is 18.0 Å². The third-order valence-corrected chi connectivity index (χ3v) is 3.43. The Bertz CT molecular complexity index is 367. The molecule has 0 aromatic carbocycles. The molecule has 0 spiro atoms. The van der Waals surface area contributed by atoms with Crippen LogP contribution in [0.25, 0.3) is 0 Å². The van der Waals surface area contributed by atoms with Gasteiger partial charge in [-0.25, -0.2) is 9.97 Å². The van der Waals surface area contributed by atoms with Crippen molar-refractivity contribution in [3.05, 3.63) is 12.4 Å². The molecule has 5 nitrogen and oxygen atoms in total. The van der Waals surface area contributed by atoms with Crippen molar-refractivity contribution in [2.75, 3.05) is 23.8 Å². The Kier molecular flexibility index (Phi) is 2.40. The van der Waals surface area contributed by atoms with Crippen molar-refractivity contribution in [3.8, 4) is 0 Å². The number of morpholine rings is 1. The number of fused-ring (bicyclic) bond motifs is 1. The summed E-state index contributed by atoms with van der Waals surface area (Å²) < 4.78 is 5.76. The van der Waals surface area contributed by atoms with E-state index < -0.39 is 0 Å². The minimum atomic E-state index is 0.383. The highest BCUT2D eigenvalue weighted by molar-refractivity contribution is 5.41. The molecule has 5 heteroatoms. The lowest BCUT2D eigenvalue weighted by atomic mass is 10.1. The maximum absolute atomic E-state index is 5.76. The fourth-order valence-corrected chi connectivity index (χ4v) is 2.69. The summed E-state index contributed by atoms with van der Waals surface area (Å²) in [4.78, 5) is 10.8. The van der Waals surface area contributed by atoms with E-state index in [4.69, 9.17) is 10.5 Å². The number of nitrogens with two attached hydrogens (primary N) is 1. The van der Waals surface area contributed by atoms with Crippen LogP contribution in [-0.2, 0) is 4.74 Å². The van der Waals surface area contributed by atoms with Crippen LogP contribution in [0.3, 0.4) is 0 Å². The van der Waals surface area contributed by atoms with Crippen LogP contribution in [0.1, 0.15) is 19.3 Å². The third-order valence-electron chi connectivity index (χ3n) is 3.43. The molecule has 0 amide bonds. The van der Waals surface area contributed by atoms with Crippen molar-refractivity contribution in [3.63, 3.8) is 0 Å². The standard InChI is InChI=1S/C11H16N4O/c12-10-6-14-11(7-13-10)15-4-5-16-9-3-1-2-8(9)15/h6-9H,1-5H2,(H2,12,13). The normalized spacial score (nSPS) is 29.1. The lowest BCUT2D eigenvalue weighted by molar-refractivity contribution is 0.0253. The fourth-order valence-electron chi connectivity index (χ4n) is 2.69. The first kappa shape index (κ1) is 9.84. The molecular weight excluding hydrogens is 204 g/mol. The van der Waals surface area contributed by atoms with Crippen LogP contribution in [0.2, 0.25) is 0 Å². The quantitative estimate of drug-likeness (QED) is 0.759. The summed E-state index contributed by atoms with van der Waals surface area (Å²) in [6.45, 7) is 1.69. The highest BCUT2D eigenvalue weighted by atomic mass is 16.5. The number of ether oxygens (including phenoxy) is 1. The van der Waals surface area contributed by atoms with E-state index in [2.05, 4.69) is 14.9 Å². The van der Waals surface area contributed by atoms with Crippen molar-refractivity contribution < 1.29 is 4.74 Å². The summed E-state index contributed by atoms with van der Waals surface area (Å²) in [5, 5.41) is 0. The van der Waals surface area contributed by atoms with Crippen molar-refractivity contribution in [1.29, 1.82) is 0 Å². The van der Waals surface area contributed by atoms with Gasteiger partial charge in [-0.15, -0.1) is 0 Å². The zero-order chi connectivity index (χ0) is 11.0. The average molecular weight is 220 g/mol. The highest BCUT2D eigenvalue weighted by Gasteiger charge is 2.36.